The zero-order valence-electron chi connectivity index (χ0n) is 34.1. The second-order valence-electron chi connectivity index (χ2n) is 15.7. The molecule has 0 N–H and O–H groups in total. The lowest BCUT2D eigenvalue weighted by Crippen LogP contribution is -2.07. The van der Waals surface area contributed by atoms with Gasteiger partial charge in [0.2, 0.25) is 0 Å². The number of aryl methyl sites for hydroxylation is 1. The Bertz CT molecular complexity index is 3230. The molecule has 0 radical (unpaired) electrons. The third-order valence-electron chi connectivity index (χ3n) is 11.5. The van der Waals surface area contributed by atoms with Gasteiger partial charge in [0.05, 0.1) is 39.2 Å². The molecule has 0 fully saturated rings. The monoisotopic (exact) mass is 851 g/mol. The number of nitrogens with zero attached hydrogens (tertiary/aromatic N) is 3. The number of fused-ring (bicyclic) bond motifs is 3. The quantitative estimate of drug-likeness (QED) is 0.150. The number of rotatable bonds is 7. The van der Waals surface area contributed by atoms with E-state index in [0.29, 0.717) is 44.8 Å². The van der Waals surface area contributed by atoms with Crippen molar-refractivity contribution >= 4 is 21.8 Å². The van der Waals surface area contributed by atoms with Crippen molar-refractivity contribution in [3.05, 3.63) is 211 Å². The van der Waals surface area contributed by atoms with Gasteiger partial charge in [-0.15, -0.1) is 0 Å². The Labute approximate surface area is 364 Å². The molecule has 64 heavy (non-hydrogen) atoms. The molecule has 2 aromatic heterocycles. The predicted molar refractivity (Wildman–Crippen MR) is 244 cm³/mol. The molecule has 0 saturated heterocycles. The van der Waals surface area contributed by atoms with Gasteiger partial charge >= 0.3 is 12.4 Å². The van der Waals surface area contributed by atoms with Gasteiger partial charge in [0.1, 0.15) is 0 Å². The van der Waals surface area contributed by atoms with Crippen molar-refractivity contribution in [3.63, 3.8) is 0 Å². The second-order valence-corrected chi connectivity index (χ2v) is 15.7. The van der Waals surface area contributed by atoms with Crippen LogP contribution >= 0.6 is 0 Å². The van der Waals surface area contributed by atoms with Gasteiger partial charge in [-0.3, -0.25) is 0 Å². The van der Waals surface area contributed by atoms with Crippen LogP contribution in [0.4, 0.5) is 26.3 Å². The molecule has 0 amide bonds. The lowest BCUT2D eigenvalue weighted by atomic mass is 9.91. The summed E-state index contributed by atoms with van der Waals surface area (Å²) in [7, 11) is 0. The van der Waals surface area contributed by atoms with E-state index in [9.17, 15) is 26.3 Å². The van der Waals surface area contributed by atoms with E-state index in [1.165, 1.54) is 12.1 Å². The minimum absolute atomic E-state index is 0.199. The number of benzene rings is 8. The van der Waals surface area contributed by atoms with Crippen molar-refractivity contribution in [1.29, 1.82) is 0 Å². The van der Waals surface area contributed by atoms with Gasteiger partial charge in [-0.1, -0.05) is 139 Å². The Hall–Kier alpha value is -7.78. The average molecular weight is 852 g/mol. The molecule has 8 aromatic carbocycles. The van der Waals surface area contributed by atoms with Crippen LogP contribution in [0.2, 0.25) is 0 Å². The van der Waals surface area contributed by atoms with Crippen LogP contribution in [0.15, 0.2) is 194 Å². The first-order valence-corrected chi connectivity index (χ1v) is 20.5. The topological polar surface area (TPSA) is 30.7 Å². The molecule has 0 atom stereocenters. The van der Waals surface area contributed by atoms with E-state index in [4.69, 9.17) is 9.97 Å². The maximum atomic E-state index is 14.6. The number of halogens is 6. The van der Waals surface area contributed by atoms with Gasteiger partial charge in [-0.05, 0) is 89.8 Å². The fraction of sp³-hybridized carbons (Fsp3) is 0.0545. The van der Waals surface area contributed by atoms with Crippen molar-refractivity contribution in [3.8, 4) is 73.0 Å². The van der Waals surface area contributed by atoms with E-state index < -0.39 is 23.5 Å². The highest BCUT2D eigenvalue weighted by atomic mass is 19.4. The Morgan fingerprint density at radius 1 is 0.375 bits per heavy atom. The van der Waals surface area contributed by atoms with Gasteiger partial charge in [-0.25, -0.2) is 9.97 Å². The van der Waals surface area contributed by atoms with Crippen LogP contribution in [0, 0.1) is 6.92 Å². The average Bonchev–Trinajstić information content (AvgIpc) is 3.64. The van der Waals surface area contributed by atoms with Gasteiger partial charge in [0, 0.05) is 38.6 Å². The molecule has 10 aromatic rings. The lowest BCUT2D eigenvalue weighted by Gasteiger charge is -2.22. The highest BCUT2D eigenvalue weighted by molar-refractivity contribution is 6.12. The van der Waals surface area contributed by atoms with E-state index in [-0.39, 0.29) is 17.0 Å². The van der Waals surface area contributed by atoms with Crippen molar-refractivity contribution in [1.82, 2.24) is 14.5 Å². The van der Waals surface area contributed by atoms with Gasteiger partial charge < -0.3 is 4.57 Å². The summed E-state index contributed by atoms with van der Waals surface area (Å²) >= 11 is 0. The first-order valence-electron chi connectivity index (χ1n) is 20.5. The Morgan fingerprint density at radius 2 is 0.859 bits per heavy atom. The highest BCUT2D eigenvalue weighted by Crippen LogP contribution is 2.46. The molecule has 10 rings (SSSR count). The van der Waals surface area contributed by atoms with Crippen LogP contribution in [-0.4, -0.2) is 14.5 Å². The van der Waals surface area contributed by atoms with Gasteiger partial charge in [-0.2, -0.15) is 26.3 Å². The minimum atomic E-state index is -4.69. The molecule has 3 nitrogen and oxygen atoms in total. The van der Waals surface area contributed by atoms with Crippen LogP contribution in [0.25, 0.3) is 94.8 Å². The van der Waals surface area contributed by atoms with Crippen molar-refractivity contribution in [2.45, 2.75) is 19.3 Å². The molecule has 0 saturated carbocycles. The van der Waals surface area contributed by atoms with Crippen LogP contribution in [-0.2, 0) is 12.4 Å². The summed E-state index contributed by atoms with van der Waals surface area (Å²) in [4.78, 5) is 10.1. The van der Waals surface area contributed by atoms with Crippen LogP contribution in [0.1, 0.15) is 16.7 Å². The largest absolute Gasteiger partial charge is 0.416 e. The van der Waals surface area contributed by atoms with Crippen molar-refractivity contribution in [2.75, 3.05) is 0 Å². The lowest BCUT2D eigenvalue weighted by molar-refractivity contribution is -0.138. The van der Waals surface area contributed by atoms with Gasteiger partial charge in [0.25, 0.3) is 0 Å². The Balaban J connectivity index is 1.34. The summed E-state index contributed by atoms with van der Waals surface area (Å²) in [6.45, 7) is 2.02. The van der Waals surface area contributed by atoms with Crippen LogP contribution in [0.5, 0.6) is 0 Å². The second kappa shape index (κ2) is 15.8. The number of para-hydroxylation sites is 1. The molecule has 0 aliphatic heterocycles. The van der Waals surface area contributed by atoms with E-state index in [1.54, 1.807) is 24.3 Å². The summed E-state index contributed by atoms with van der Waals surface area (Å²) in [5.41, 5.74) is 7.32. The molecular formula is C55H35F6N3. The third kappa shape index (κ3) is 7.59. The smallest absolute Gasteiger partial charge is 0.308 e. The molecule has 0 aliphatic rings. The van der Waals surface area contributed by atoms with E-state index in [0.717, 1.165) is 62.9 Å². The maximum absolute atomic E-state index is 14.6. The third-order valence-corrected chi connectivity index (χ3v) is 11.5. The Kier molecular flexibility index (Phi) is 9.98. The van der Waals surface area contributed by atoms with Crippen LogP contribution in [0.3, 0.4) is 0 Å². The number of alkyl halides is 6. The molecule has 0 spiro atoms. The first kappa shape index (κ1) is 40.3. The maximum Gasteiger partial charge on any atom is 0.416 e. The molecule has 9 heteroatoms. The highest BCUT2D eigenvalue weighted by Gasteiger charge is 2.33. The summed E-state index contributed by atoms with van der Waals surface area (Å²) in [6.07, 6.45) is -9.37. The fourth-order valence-corrected chi connectivity index (χ4v) is 8.48. The van der Waals surface area contributed by atoms with Gasteiger partial charge in [0.15, 0.2) is 5.82 Å². The predicted octanol–water partition coefficient (Wildman–Crippen LogP) is 15.9. The molecule has 0 aliphatic carbocycles. The summed E-state index contributed by atoms with van der Waals surface area (Å²) in [6, 6.07) is 56.3. The summed E-state index contributed by atoms with van der Waals surface area (Å²) in [5.74, 6) is 0.234. The van der Waals surface area contributed by atoms with E-state index in [2.05, 4.69) is 12.1 Å². The summed E-state index contributed by atoms with van der Waals surface area (Å²) < 4.78 is 89.6. The van der Waals surface area contributed by atoms with Crippen molar-refractivity contribution in [2.24, 2.45) is 0 Å². The first-order chi connectivity index (χ1) is 30.9. The van der Waals surface area contributed by atoms with E-state index >= 15 is 0 Å². The SMILES string of the molecule is Cc1cccc(-c2ccc3c(c2)c2ccccc2n3-c2c(-c3cccc(C(F)(F)F)c3)cc(-c3nc(-c4ccccc4)cc(-c4ccccc4)n3)cc2-c2cccc(C(F)(F)F)c2)c1. The standard InChI is InChI=1S/C55H35F6N3/c1-34-13-10-18-37(27-34)38-25-26-51-47(30-38)44-23-8-9-24-50(44)64(51)52-45(39-19-11-21-42(28-39)54(56,57)58)31-41(32-46(52)40-20-12-22-43(29-40)55(59,60)61)53-62-48(35-14-4-2-5-15-35)33-49(63-53)36-16-6-3-7-17-36/h2-33H,1H3. The molecular weight excluding hydrogens is 817 g/mol. The molecule has 312 valence electrons. The van der Waals surface area contributed by atoms with Crippen LogP contribution < -0.4 is 0 Å². The zero-order chi connectivity index (χ0) is 44.2. The normalized spacial score (nSPS) is 12.0. The number of hydrogen-bond acceptors (Lipinski definition) is 2. The number of aromatic nitrogens is 3. The van der Waals surface area contributed by atoms with E-state index in [1.807, 2.05) is 133 Å². The minimum Gasteiger partial charge on any atom is -0.308 e. The number of hydrogen-bond donors (Lipinski definition) is 0. The summed E-state index contributed by atoms with van der Waals surface area (Å²) in [5, 5.41) is 1.71. The molecule has 2 heterocycles. The molecule has 0 bridgehead atoms. The zero-order valence-corrected chi connectivity index (χ0v) is 34.1. The Morgan fingerprint density at radius 3 is 1.42 bits per heavy atom. The molecule has 0 unspecified atom stereocenters. The fourth-order valence-electron chi connectivity index (χ4n) is 8.48. The van der Waals surface area contributed by atoms with Crippen molar-refractivity contribution < 1.29 is 26.3 Å².